The molecule has 7 nitrogen and oxygen atoms in total. The quantitative estimate of drug-likeness (QED) is 0.746. The van der Waals surface area contributed by atoms with Gasteiger partial charge in [0.25, 0.3) is 5.91 Å². The Morgan fingerprint density at radius 2 is 2.50 bits per heavy atom. The van der Waals surface area contributed by atoms with Crippen LogP contribution in [0, 0.1) is 0 Å². The number of nitrogens with one attached hydrogen (secondary N) is 1. The van der Waals surface area contributed by atoms with Gasteiger partial charge in [0.15, 0.2) is 5.69 Å². The molecular formula is C10H14N4O3S. The van der Waals surface area contributed by atoms with Crippen LogP contribution in [0.1, 0.15) is 17.4 Å². The van der Waals surface area contributed by atoms with Crippen LogP contribution in [0.5, 0.6) is 0 Å². The van der Waals surface area contributed by atoms with Crippen LogP contribution in [0.15, 0.2) is 5.38 Å². The highest BCUT2D eigenvalue weighted by atomic mass is 32.1. The summed E-state index contributed by atoms with van der Waals surface area (Å²) in [6.45, 7) is 3.56. The lowest BCUT2D eigenvalue weighted by molar-refractivity contribution is -0.149. The van der Waals surface area contributed by atoms with E-state index < -0.39 is 6.04 Å². The minimum Gasteiger partial charge on any atom is -0.464 e. The average molecular weight is 270 g/mol. The van der Waals surface area contributed by atoms with Crippen LogP contribution >= 0.6 is 11.5 Å². The molecule has 98 valence electrons. The summed E-state index contributed by atoms with van der Waals surface area (Å²) in [7, 11) is 0. The summed E-state index contributed by atoms with van der Waals surface area (Å²) in [6, 6.07) is -0.590. The van der Waals surface area contributed by atoms with Crippen molar-refractivity contribution >= 4 is 23.4 Å². The highest BCUT2D eigenvalue weighted by Crippen LogP contribution is 2.11. The standard InChI is InChI=1S/C10H14N4O3S/c1-2-17-10(16)8-5-11-3-4-14(8)9(15)7-6-18-13-12-7/h6,8,11H,2-5H2,1H3. The number of rotatable bonds is 3. The van der Waals surface area contributed by atoms with E-state index in [-0.39, 0.29) is 17.6 Å². The lowest BCUT2D eigenvalue weighted by Crippen LogP contribution is -2.57. The first kappa shape index (κ1) is 12.9. The van der Waals surface area contributed by atoms with Crippen molar-refractivity contribution in [2.45, 2.75) is 13.0 Å². The fourth-order valence-electron chi connectivity index (χ4n) is 1.80. The van der Waals surface area contributed by atoms with Gasteiger partial charge < -0.3 is 15.0 Å². The lowest BCUT2D eigenvalue weighted by atomic mass is 10.2. The van der Waals surface area contributed by atoms with Crippen molar-refractivity contribution in [3.05, 3.63) is 11.1 Å². The molecule has 1 aromatic rings. The molecule has 0 radical (unpaired) electrons. The number of carbonyl (C=O) groups is 2. The SMILES string of the molecule is CCOC(=O)C1CNCCN1C(=O)c1csnn1. The Balaban J connectivity index is 2.12. The summed E-state index contributed by atoms with van der Waals surface area (Å²) in [5.74, 6) is -0.662. The highest BCUT2D eigenvalue weighted by Gasteiger charge is 2.34. The molecule has 1 saturated heterocycles. The number of hydrogen-bond donors (Lipinski definition) is 1. The maximum Gasteiger partial charge on any atom is 0.330 e. The normalized spacial score (nSPS) is 19.6. The van der Waals surface area contributed by atoms with E-state index in [1.54, 1.807) is 12.3 Å². The first-order valence-electron chi connectivity index (χ1n) is 5.69. The summed E-state index contributed by atoms with van der Waals surface area (Å²) >= 11 is 1.11. The zero-order valence-electron chi connectivity index (χ0n) is 9.96. The Hall–Kier alpha value is -1.54. The monoisotopic (exact) mass is 270 g/mol. The predicted molar refractivity (Wildman–Crippen MR) is 64.2 cm³/mol. The number of aromatic nitrogens is 2. The second-order valence-corrected chi connectivity index (χ2v) is 4.37. The molecule has 1 fully saturated rings. The van der Waals surface area contributed by atoms with Crippen LogP contribution in [0.3, 0.4) is 0 Å². The van der Waals surface area contributed by atoms with E-state index in [0.29, 0.717) is 26.2 Å². The number of ether oxygens (including phenoxy) is 1. The van der Waals surface area contributed by atoms with E-state index >= 15 is 0 Å². The molecule has 8 heteroatoms. The summed E-state index contributed by atoms with van der Waals surface area (Å²) in [5, 5.41) is 8.39. The molecule has 18 heavy (non-hydrogen) atoms. The number of esters is 1. The molecule has 0 saturated carbocycles. The van der Waals surface area contributed by atoms with Crippen LogP contribution in [0.4, 0.5) is 0 Å². The van der Waals surface area contributed by atoms with Crippen LogP contribution in [0.25, 0.3) is 0 Å². The van der Waals surface area contributed by atoms with Gasteiger partial charge in [-0.3, -0.25) is 4.79 Å². The second kappa shape index (κ2) is 5.87. The smallest absolute Gasteiger partial charge is 0.330 e. The van der Waals surface area contributed by atoms with Crippen LogP contribution < -0.4 is 5.32 Å². The molecule has 2 heterocycles. The predicted octanol–water partition coefficient (Wildman–Crippen LogP) is -0.485. The third-order valence-electron chi connectivity index (χ3n) is 2.64. The van der Waals surface area contributed by atoms with Gasteiger partial charge in [-0.2, -0.15) is 0 Å². The second-order valence-electron chi connectivity index (χ2n) is 3.76. The zero-order valence-corrected chi connectivity index (χ0v) is 10.8. The maximum atomic E-state index is 12.2. The van der Waals surface area contributed by atoms with Crippen molar-refractivity contribution in [1.82, 2.24) is 19.8 Å². The number of hydrogen-bond acceptors (Lipinski definition) is 7. The van der Waals surface area contributed by atoms with E-state index in [4.69, 9.17) is 4.74 Å². The third-order valence-corrected chi connectivity index (χ3v) is 3.15. The van der Waals surface area contributed by atoms with Gasteiger partial charge in [0.05, 0.1) is 6.61 Å². The first-order valence-corrected chi connectivity index (χ1v) is 6.53. The minimum absolute atomic E-state index is 0.274. The summed E-state index contributed by atoms with van der Waals surface area (Å²) in [4.78, 5) is 25.5. The number of amides is 1. The van der Waals surface area contributed by atoms with Gasteiger partial charge in [-0.05, 0) is 18.5 Å². The lowest BCUT2D eigenvalue weighted by Gasteiger charge is -2.33. The van der Waals surface area contributed by atoms with Gasteiger partial charge in [0.2, 0.25) is 0 Å². The van der Waals surface area contributed by atoms with Crippen molar-refractivity contribution in [1.29, 1.82) is 0 Å². The molecule has 0 bridgehead atoms. The molecule has 1 amide bonds. The average Bonchev–Trinajstić information content (AvgIpc) is 2.92. The molecule has 0 aliphatic carbocycles. The maximum absolute atomic E-state index is 12.2. The molecule has 1 N–H and O–H groups in total. The summed E-state index contributed by atoms with van der Waals surface area (Å²) in [5.41, 5.74) is 0.274. The van der Waals surface area contributed by atoms with E-state index in [1.807, 2.05) is 0 Å². The van der Waals surface area contributed by atoms with E-state index in [2.05, 4.69) is 14.9 Å². The molecule has 2 rings (SSSR count). The van der Waals surface area contributed by atoms with Crippen molar-refractivity contribution < 1.29 is 14.3 Å². The molecule has 0 aromatic carbocycles. The van der Waals surface area contributed by atoms with Gasteiger partial charge in [-0.15, -0.1) is 5.10 Å². The molecule has 1 unspecified atom stereocenters. The Bertz CT molecular complexity index is 423. The topological polar surface area (TPSA) is 84.4 Å². The molecule has 0 spiro atoms. The van der Waals surface area contributed by atoms with Crippen molar-refractivity contribution in [2.75, 3.05) is 26.2 Å². The van der Waals surface area contributed by atoms with Gasteiger partial charge >= 0.3 is 5.97 Å². The van der Waals surface area contributed by atoms with E-state index in [9.17, 15) is 9.59 Å². The Morgan fingerprint density at radius 1 is 1.67 bits per heavy atom. The largest absolute Gasteiger partial charge is 0.464 e. The summed E-state index contributed by atoms with van der Waals surface area (Å²) < 4.78 is 8.63. The number of carbonyl (C=O) groups excluding carboxylic acids is 2. The highest BCUT2D eigenvalue weighted by molar-refractivity contribution is 7.03. The van der Waals surface area contributed by atoms with Crippen molar-refractivity contribution in [3.8, 4) is 0 Å². The molecule has 1 atom stereocenters. The molecule has 1 aliphatic heterocycles. The summed E-state index contributed by atoms with van der Waals surface area (Å²) in [6.07, 6.45) is 0. The van der Waals surface area contributed by atoms with Gasteiger partial charge in [0.1, 0.15) is 6.04 Å². The molecular weight excluding hydrogens is 256 g/mol. The molecule has 1 aromatic heterocycles. The first-order chi connectivity index (χ1) is 8.74. The van der Waals surface area contributed by atoms with Crippen molar-refractivity contribution in [2.24, 2.45) is 0 Å². The van der Waals surface area contributed by atoms with Crippen LogP contribution in [0.2, 0.25) is 0 Å². The van der Waals surface area contributed by atoms with Gasteiger partial charge in [-0.25, -0.2) is 4.79 Å². The van der Waals surface area contributed by atoms with E-state index in [1.165, 1.54) is 4.90 Å². The third kappa shape index (κ3) is 2.65. The molecule has 1 aliphatic rings. The Labute approximate surface area is 108 Å². The van der Waals surface area contributed by atoms with Crippen LogP contribution in [-0.2, 0) is 9.53 Å². The van der Waals surface area contributed by atoms with E-state index in [0.717, 1.165) is 11.5 Å². The van der Waals surface area contributed by atoms with Gasteiger partial charge in [-0.1, -0.05) is 4.49 Å². The van der Waals surface area contributed by atoms with Crippen LogP contribution in [-0.4, -0.2) is 58.6 Å². The Morgan fingerprint density at radius 3 is 3.17 bits per heavy atom. The fourth-order valence-corrected chi connectivity index (χ4v) is 2.23. The fraction of sp³-hybridized carbons (Fsp3) is 0.600. The zero-order chi connectivity index (χ0) is 13.0. The van der Waals surface area contributed by atoms with Gasteiger partial charge in [0, 0.05) is 25.0 Å². The number of piperazine rings is 1. The minimum atomic E-state index is -0.590. The Kier molecular flexibility index (Phi) is 4.21. The van der Waals surface area contributed by atoms with Crippen molar-refractivity contribution in [3.63, 3.8) is 0 Å². The number of nitrogens with zero attached hydrogens (tertiary/aromatic N) is 3.